The summed E-state index contributed by atoms with van der Waals surface area (Å²) in [7, 11) is 0. The zero-order valence-electron chi connectivity index (χ0n) is 13.5. The fraction of sp³-hybridized carbons (Fsp3) is 0.167. The quantitative estimate of drug-likeness (QED) is 0.731. The normalized spacial score (nSPS) is 10.5. The molecule has 1 aromatic heterocycles. The lowest BCUT2D eigenvalue weighted by Crippen LogP contribution is -2.28. The minimum atomic E-state index is -0.271. The highest BCUT2D eigenvalue weighted by Crippen LogP contribution is 2.20. The lowest BCUT2D eigenvalue weighted by Gasteiger charge is -2.06. The molecule has 7 heteroatoms. The number of amides is 1. The third-order valence-electron chi connectivity index (χ3n) is 3.39. The van der Waals surface area contributed by atoms with Crippen LogP contribution in [0.4, 0.5) is 0 Å². The van der Waals surface area contributed by atoms with E-state index in [1.165, 1.54) is 0 Å². The number of carbonyl (C=O) groups is 1. The van der Waals surface area contributed by atoms with E-state index in [1.807, 2.05) is 31.2 Å². The summed E-state index contributed by atoms with van der Waals surface area (Å²) in [5.41, 5.74) is 1.89. The van der Waals surface area contributed by atoms with Gasteiger partial charge in [-0.25, -0.2) is 0 Å². The molecule has 0 aliphatic heterocycles. The van der Waals surface area contributed by atoms with Crippen molar-refractivity contribution in [2.45, 2.75) is 13.5 Å². The first-order valence-electron chi connectivity index (χ1n) is 7.64. The number of nitrogens with zero attached hydrogens (tertiary/aromatic N) is 2. The summed E-state index contributed by atoms with van der Waals surface area (Å²) >= 11 is 5.84. The molecule has 0 spiro atoms. The Hall–Kier alpha value is -2.86. The van der Waals surface area contributed by atoms with E-state index in [4.69, 9.17) is 20.8 Å². The van der Waals surface area contributed by atoms with Crippen LogP contribution >= 0.6 is 11.6 Å². The molecule has 1 amide bonds. The first-order valence-corrected chi connectivity index (χ1v) is 8.02. The molecule has 0 saturated heterocycles. The van der Waals surface area contributed by atoms with Crippen LogP contribution in [0.5, 0.6) is 5.75 Å². The molecule has 0 unspecified atom stereocenters. The molecule has 3 rings (SSSR count). The summed E-state index contributed by atoms with van der Waals surface area (Å²) in [6, 6.07) is 14.5. The van der Waals surface area contributed by atoms with Crippen LogP contribution in [0.3, 0.4) is 0 Å². The molecule has 1 N–H and O–H groups in total. The molecular formula is C18H16ClN3O3. The number of hydrogen-bond acceptors (Lipinski definition) is 5. The number of benzene rings is 2. The van der Waals surface area contributed by atoms with Crippen LogP contribution in [0, 0.1) is 6.92 Å². The predicted octanol–water partition coefficient (Wildman–Crippen LogP) is 3.39. The first kappa shape index (κ1) is 17.0. The highest BCUT2D eigenvalue weighted by Gasteiger charge is 2.10. The molecule has 0 aliphatic rings. The molecule has 3 aromatic rings. The molecule has 0 bridgehead atoms. The van der Waals surface area contributed by atoms with Gasteiger partial charge >= 0.3 is 0 Å². The lowest BCUT2D eigenvalue weighted by atomic mass is 10.2. The van der Waals surface area contributed by atoms with Crippen molar-refractivity contribution in [3.8, 4) is 17.2 Å². The lowest BCUT2D eigenvalue weighted by molar-refractivity contribution is -0.123. The maximum absolute atomic E-state index is 11.8. The Balaban J connectivity index is 1.49. The van der Waals surface area contributed by atoms with Gasteiger partial charge in [0.1, 0.15) is 5.75 Å². The highest BCUT2D eigenvalue weighted by atomic mass is 35.5. The average molecular weight is 358 g/mol. The van der Waals surface area contributed by atoms with E-state index in [1.54, 1.807) is 24.3 Å². The van der Waals surface area contributed by atoms with E-state index >= 15 is 0 Å². The minimum Gasteiger partial charge on any atom is -0.484 e. The smallest absolute Gasteiger partial charge is 0.258 e. The van der Waals surface area contributed by atoms with Crippen molar-refractivity contribution in [3.63, 3.8) is 0 Å². The Morgan fingerprint density at radius 2 is 1.84 bits per heavy atom. The van der Waals surface area contributed by atoms with Crippen molar-refractivity contribution in [1.82, 2.24) is 15.5 Å². The van der Waals surface area contributed by atoms with Crippen molar-refractivity contribution in [2.75, 3.05) is 6.61 Å². The van der Waals surface area contributed by atoms with Crippen molar-refractivity contribution in [1.29, 1.82) is 0 Å². The largest absolute Gasteiger partial charge is 0.484 e. The number of hydrogen-bond donors (Lipinski definition) is 1. The molecule has 6 nitrogen and oxygen atoms in total. The van der Waals surface area contributed by atoms with Gasteiger partial charge in [0.15, 0.2) is 6.61 Å². The van der Waals surface area contributed by atoms with Gasteiger partial charge in [0.25, 0.3) is 5.91 Å². The van der Waals surface area contributed by atoms with Gasteiger partial charge in [-0.1, -0.05) is 29.3 Å². The minimum absolute atomic E-state index is 0.0821. The zero-order chi connectivity index (χ0) is 17.6. The van der Waals surface area contributed by atoms with Crippen molar-refractivity contribution in [3.05, 3.63) is 65.0 Å². The van der Waals surface area contributed by atoms with Gasteiger partial charge in [-0.3, -0.25) is 4.79 Å². The summed E-state index contributed by atoms with van der Waals surface area (Å²) in [5.74, 6) is 1.06. The van der Waals surface area contributed by atoms with E-state index in [-0.39, 0.29) is 19.1 Å². The van der Waals surface area contributed by atoms with Gasteiger partial charge in [0.2, 0.25) is 11.8 Å². The molecule has 1 heterocycles. The fourth-order valence-electron chi connectivity index (χ4n) is 2.04. The Morgan fingerprint density at radius 3 is 2.56 bits per heavy atom. The Kier molecular flexibility index (Phi) is 5.30. The predicted molar refractivity (Wildman–Crippen MR) is 93.3 cm³/mol. The van der Waals surface area contributed by atoms with Crippen LogP contribution in [0.2, 0.25) is 5.02 Å². The molecule has 2 aromatic carbocycles. The molecular weight excluding hydrogens is 342 g/mol. The van der Waals surface area contributed by atoms with Crippen molar-refractivity contribution >= 4 is 17.5 Å². The van der Waals surface area contributed by atoms with Gasteiger partial charge in [0.05, 0.1) is 6.54 Å². The molecule has 0 radical (unpaired) electrons. The van der Waals surface area contributed by atoms with Crippen LogP contribution in [-0.2, 0) is 11.3 Å². The summed E-state index contributed by atoms with van der Waals surface area (Å²) in [6.45, 7) is 2.04. The topological polar surface area (TPSA) is 77.2 Å². The van der Waals surface area contributed by atoms with Crippen LogP contribution in [0.15, 0.2) is 52.9 Å². The highest BCUT2D eigenvalue weighted by molar-refractivity contribution is 6.30. The standard InChI is InChI=1S/C18H16ClN3O3/c1-12-2-8-15(9-3-12)24-11-16(23)20-10-17-21-22-18(25-17)13-4-6-14(19)7-5-13/h2-9H,10-11H2,1H3,(H,20,23). The molecule has 128 valence electrons. The number of ether oxygens (including phenoxy) is 1. The number of halogens is 1. The van der Waals surface area contributed by atoms with Gasteiger partial charge in [0, 0.05) is 10.6 Å². The summed E-state index contributed by atoms with van der Waals surface area (Å²) in [4.78, 5) is 11.8. The van der Waals surface area contributed by atoms with E-state index in [2.05, 4.69) is 15.5 Å². The van der Waals surface area contributed by atoms with Crippen molar-refractivity contribution in [2.24, 2.45) is 0 Å². The van der Waals surface area contributed by atoms with Gasteiger partial charge in [-0.05, 0) is 43.3 Å². The fourth-order valence-corrected chi connectivity index (χ4v) is 2.17. The number of rotatable bonds is 6. The second kappa shape index (κ2) is 7.81. The SMILES string of the molecule is Cc1ccc(OCC(=O)NCc2nnc(-c3ccc(Cl)cc3)o2)cc1. The molecule has 0 fully saturated rings. The maximum Gasteiger partial charge on any atom is 0.258 e. The third-order valence-corrected chi connectivity index (χ3v) is 3.64. The Labute approximate surface area is 149 Å². The maximum atomic E-state index is 11.8. The molecule has 0 aliphatic carbocycles. The van der Waals surface area contributed by atoms with Crippen molar-refractivity contribution < 1.29 is 13.9 Å². The summed E-state index contributed by atoms with van der Waals surface area (Å²) in [5, 5.41) is 11.2. The van der Waals surface area contributed by atoms with Crippen LogP contribution in [0.25, 0.3) is 11.5 Å². The third kappa shape index (κ3) is 4.81. The van der Waals surface area contributed by atoms with Crippen LogP contribution in [0.1, 0.15) is 11.5 Å². The second-order valence-corrected chi connectivity index (χ2v) is 5.82. The van der Waals surface area contributed by atoms with Gasteiger partial charge in [-0.15, -0.1) is 10.2 Å². The van der Waals surface area contributed by atoms with Crippen LogP contribution in [-0.4, -0.2) is 22.7 Å². The Morgan fingerprint density at radius 1 is 1.12 bits per heavy atom. The number of aryl methyl sites for hydroxylation is 1. The van der Waals surface area contributed by atoms with Gasteiger partial charge in [-0.2, -0.15) is 0 Å². The molecule has 0 atom stereocenters. The monoisotopic (exact) mass is 357 g/mol. The molecule has 25 heavy (non-hydrogen) atoms. The summed E-state index contributed by atoms with van der Waals surface area (Å²) in [6.07, 6.45) is 0. The van der Waals surface area contributed by atoms with E-state index in [9.17, 15) is 4.79 Å². The average Bonchev–Trinajstić information content (AvgIpc) is 3.09. The zero-order valence-corrected chi connectivity index (χ0v) is 14.3. The Bertz CT molecular complexity index is 845. The van der Waals surface area contributed by atoms with Crippen LogP contribution < -0.4 is 10.1 Å². The van der Waals surface area contributed by atoms with Gasteiger partial charge < -0.3 is 14.5 Å². The second-order valence-electron chi connectivity index (χ2n) is 5.39. The number of carbonyl (C=O) groups excluding carboxylic acids is 1. The van der Waals surface area contributed by atoms with E-state index in [0.29, 0.717) is 22.6 Å². The van der Waals surface area contributed by atoms with E-state index < -0.39 is 0 Å². The summed E-state index contributed by atoms with van der Waals surface area (Å²) < 4.78 is 10.9. The number of nitrogens with one attached hydrogen (secondary N) is 1. The number of aromatic nitrogens is 2. The molecule has 0 saturated carbocycles. The van der Waals surface area contributed by atoms with E-state index in [0.717, 1.165) is 11.1 Å². The first-order chi connectivity index (χ1) is 12.1.